The van der Waals surface area contributed by atoms with E-state index < -0.39 is 11.9 Å². The Bertz CT molecular complexity index is 469. The Morgan fingerprint density at radius 3 is 2.93 bits per heavy atom. The van der Waals surface area contributed by atoms with Gasteiger partial charge >= 0.3 is 5.97 Å². The van der Waals surface area contributed by atoms with Gasteiger partial charge in [0.25, 0.3) is 0 Å². The lowest BCUT2D eigenvalue weighted by Gasteiger charge is -2.04. The molecule has 5 heteroatoms. The highest BCUT2D eigenvalue weighted by atomic mass is 32.1. The van der Waals surface area contributed by atoms with E-state index in [1.807, 2.05) is 24.4 Å². The van der Waals surface area contributed by atoms with E-state index in [0.29, 0.717) is 12.1 Å². The third-order valence-corrected chi connectivity index (χ3v) is 3.27. The van der Waals surface area contributed by atoms with Crippen LogP contribution in [-0.4, -0.2) is 20.5 Å². The van der Waals surface area contributed by atoms with Crippen LogP contribution in [0.1, 0.15) is 29.8 Å². The molecule has 0 saturated carbocycles. The van der Waals surface area contributed by atoms with Crippen molar-refractivity contribution in [1.82, 2.24) is 9.38 Å². The summed E-state index contributed by atoms with van der Waals surface area (Å²) in [5, 5.41) is 9.00. The molecule has 1 atom stereocenters. The van der Waals surface area contributed by atoms with Gasteiger partial charge in [-0.3, -0.25) is 9.20 Å². The molecular weight excluding hydrogens is 212 g/mol. The summed E-state index contributed by atoms with van der Waals surface area (Å²) in [4.78, 5) is 17.3. The first-order valence-corrected chi connectivity index (χ1v) is 5.61. The summed E-state index contributed by atoms with van der Waals surface area (Å²) >= 11 is 1.57. The van der Waals surface area contributed by atoms with Gasteiger partial charge in [0.1, 0.15) is 5.92 Å². The summed E-state index contributed by atoms with van der Waals surface area (Å²) in [7, 11) is 0. The van der Waals surface area contributed by atoms with E-state index in [1.54, 1.807) is 17.5 Å². The van der Waals surface area contributed by atoms with Crippen molar-refractivity contribution in [2.75, 3.05) is 0 Å². The molecule has 1 N–H and O–H groups in total. The lowest BCUT2D eigenvalue weighted by Crippen LogP contribution is -2.10. The van der Waals surface area contributed by atoms with Crippen molar-refractivity contribution < 1.29 is 9.90 Å². The minimum absolute atomic E-state index is 0.489. The van der Waals surface area contributed by atoms with Crippen molar-refractivity contribution in [1.29, 1.82) is 0 Å². The summed E-state index contributed by atoms with van der Waals surface area (Å²) < 4.78 is 1.89. The third kappa shape index (κ3) is 1.74. The highest BCUT2D eigenvalue weighted by Crippen LogP contribution is 2.23. The first-order chi connectivity index (χ1) is 7.11. The minimum Gasteiger partial charge on any atom is -0.481 e. The molecule has 0 spiro atoms. The third-order valence-electron chi connectivity index (χ3n) is 2.35. The van der Waals surface area contributed by atoms with E-state index in [0.717, 1.165) is 4.96 Å². The number of imidazole rings is 1. The van der Waals surface area contributed by atoms with Crippen LogP contribution < -0.4 is 0 Å². The second-order valence-electron chi connectivity index (χ2n) is 3.50. The molecule has 0 bridgehead atoms. The molecule has 0 radical (unpaired) electrons. The largest absolute Gasteiger partial charge is 0.481 e. The molecule has 2 heterocycles. The van der Waals surface area contributed by atoms with Gasteiger partial charge in [-0.05, 0) is 13.3 Å². The van der Waals surface area contributed by atoms with E-state index in [4.69, 9.17) is 5.11 Å². The number of fused-ring (bicyclic) bond motifs is 1. The Morgan fingerprint density at radius 1 is 1.67 bits per heavy atom. The maximum absolute atomic E-state index is 11.0. The van der Waals surface area contributed by atoms with Crippen molar-refractivity contribution in [2.45, 2.75) is 26.2 Å². The number of carbonyl (C=O) groups is 1. The van der Waals surface area contributed by atoms with Crippen LogP contribution in [0, 0.1) is 6.92 Å². The van der Waals surface area contributed by atoms with Gasteiger partial charge in [0.05, 0.1) is 5.69 Å². The standard InChI is InChI=1S/C10H12N2O2S/c1-3-7(9(13)14)8-5-12-4-6(2)15-10(12)11-8/h4-5,7H,3H2,1-2H3,(H,13,14). The molecule has 15 heavy (non-hydrogen) atoms. The minimum atomic E-state index is -0.806. The average molecular weight is 224 g/mol. The maximum atomic E-state index is 11.0. The lowest BCUT2D eigenvalue weighted by molar-refractivity contribution is -0.138. The fourth-order valence-corrected chi connectivity index (χ4v) is 2.42. The van der Waals surface area contributed by atoms with Crippen molar-refractivity contribution >= 4 is 22.3 Å². The summed E-state index contributed by atoms with van der Waals surface area (Å²) in [6.45, 7) is 3.87. The quantitative estimate of drug-likeness (QED) is 0.870. The predicted octanol–water partition coefficient (Wildman–Crippen LogP) is 2.28. The van der Waals surface area contributed by atoms with Gasteiger partial charge in [0.15, 0.2) is 4.96 Å². The van der Waals surface area contributed by atoms with Crippen molar-refractivity contribution in [3.63, 3.8) is 0 Å². The van der Waals surface area contributed by atoms with Crippen LogP contribution in [0.2, 0.25) is 0 Å². The Labute approximate surface area is 91.2 Å². The van der Waals surface area contributed by atoms with Crippen LogP contribution in [0.5, 0.6) is 0 Å². The molecule has 0 aliphatic carbocycles. The van der Waals surface area contributed by atoms with E-state index in [9.17, 15) is 4.79 Å². The number of hydrogen-bond acceptors (Lipinski definition) is 3. The second kappa shape index (κ2) is 3.66. The van der Waals surface area contributed by atoms with Crippen molar-refractivity contribution in [3.05, 3.63) is 23.0 Å². The number of thiazole rings is 1. The van der Waals surface area contributed by atoms with Crippen LogP contribution in [0.4, 0.5) is 0 Å². The van der Waals surface area contributed by atoms with Crippen molar-refractivity contribution in [2.24, 2.45) is 0 Å². The Balaban J connectivity index is 2.43. The summed E-state index contributed by atoms with van der Waals surface area (Å²) in [6.07, 6.45) is 4.34. The molecule has 4 nitrogen and oxygen atoms in total. The number of carboxylic acid groups (broad SMARTS) is 1. The zero-order valence-electron chi connectivity index (χ0n) is 8.60. The first-order valence-electron chi connectivity index (χ1n) is 4.79. The number of hydrogen-bond donors (Lipinski definition) is 1. The molecule has 0 aliphatic rings. The SMILES string of the molecule is CCC(C(=O)O)c1cn2cc(C)sc2n1. The monoisotopic (exact) mass is 224 g/mol. The normalized spacial score (nSPS) is 13.2. The van der Waals surface area contributed by atoms with E-state index >= 15 is 0 Å². The molecule has 1 unspecified atom stereocenters. The van der Waals surface area contributed by atoms with Crippen LogP contribution in [0.3, 0.4) is 0 Å². The van der Waals surface area contributed by atoms with E-state index in [1.165, 1.54) is 4.88 Å². The van der Waals surface area contributed by atoms with Gasteiger partial charge in [0.2, 0.25) is 0 Å². The van der Waals surface area contributed by atoms with Crippen LogP contribution in [0.25, 0.3) is 4.96 Å². The maximum Gasteiger partial charge on any atom is 0.312 e. The van der Waals surface area contributed by atoms with Gasteiger partial charge < -0.3 is 5.11 Å². The fraction of sp³-hybridized carbons (Fsp3) is 0.400. The smallest absolute Gasteiger partial charge is 0.312 e. The van der Waals surface area contributed by atoms with Crippen LogP contribution in [0.15, 0.2) is 12.4 Å². The Morgan fingerprint density at radius 2 is 2.40 bits per heavy atom. The van der Waals surface area contributed by atoms with Gasteiger partial charge in [-0.1, -0.05) is 6.92 Å². The molecular formula is C10H12N2O2S. The summed E-state index contributed by atoms with van der Waals surface area (Å²) in [5.41, 5.74) is 0.649. The molecule has 0 aromatic carbocycles. The zero-order valence-corrected chi connectivity index (χ0v) is 9.41. The molecule has 2 rings (SSSR count). The number of rotatable bonds is 3. The number of carboxylic acids is 1. The van der Waals surface area contributed by atoms with E-state index in [2.05, 4.69) is 4.98 Å². The number of aliphatic carboxylic acids is 1. The summed E-state index contributed by atoms with van der Waals surface area (Å²) in [5.74, 6) is -1.29. The molecule has 0 saturated heterocycles. The van der Waals surface area contributed by atoms with Gasteiger partial charge in [-0.2, -0.15) is 0 Å². The predicted molar refractivity (Wildman–Crippen MR) is 58.5 cm³/mol. The molecule has 0 aliphatic heterocycles. The topological polar surface area (TPSA) is 54.6 Å². The fourth-order valence-electron chi connectivity index (χ4n) is 1.61. The van der Waals surface area contributed by atoms with Gasteiger partial charge in [-0.15, -0.1) is 11.3 Å². The number of aromatic nitrogens is 2. The highest BCUT2D eigenvalue weighted by Gasteiger charge is 2.21. The molecule has 0 amide bonds. The second-order valence-corrected chi connectivity index (χ2v) is 4.71. The van der Waals surface area contributed by atoms with E-state index in [-0.39, 0.29) is 0 Å². The van der Waals surface area contributed by atoms with Crippen LogP contribution >= 0.6 is 11.3 Å². The van der Waals surface area contributed by atoms with Crippen LogP contribution in [-0.2, 0) is 4.79 Å². The Hall–Kier alpha value is -1.36. The highest BCUT2D eigenvalue weighted by molar-refractivity contribution is 7.16. The zero-order chi connectivity index (χ0) is 11.0. The number of nitrogens with zero attached hydrogens (tertiary/aromatic N) is 2. The molecule has 80 valence electrons. The molecule has 2 aromatic heterocycles. The first kappa shape index (κ1) is 10.2. The van der Waals surface area contributed by atoms with Gasteiger partial charge in [-0.25, -0.2) is 4.98 Å². The van der Waals surface area contributed by atoms with Gasteiger partial charge in [0, 0.05) is 17.3 Å². The average Bonchev–Trinajstić information content (AvgIpc) is 2.61. The van der Waals surface area contributed by atoms with Crippen molar-refractivity contribution in [3.8, 4) is 0 Å². The lowest BCUT2D eigenvalue weighted by atomic mass is 10.0. The number of aryl methyl sites for hydroxylation is 1. The molecule has 0 fully saturated rings. The Kier molecular flexibility index (Phi) is 2.48. The molecule has 2 aromatic rings. The summed E-state index contributed by atoms with van der Waals surface area (Å²) in [6, 6.07) is 0.